The van der Waals surface area contributed by atoms with Crippen molar-refractivity contribution in [3.05, 3.63) is 89.4 Å². The minimum Gasteiger partial charge on any atom is -0.326 e. The molecule has 4 nitrogen and oxygen atoms in total. The van der Waals surface area contributed by atoms with E-state index in [-0.39, 0.29) is 22.0 Å². The molecule has 2 N–H and O–H groups in total. The standard InChI is InChI=1S/C21H24FN2O2S/c1-2-27(25,26)24(12-4-6-19(15-23)16-24)21-7-3-5-18(14-21)13-17-8-10-20(22)11-9-17/h3-11,14,16H,2,12-13,15,23H2,1H3/q+1. The molecule has 1 unspecified atom stereocenters. The number of sulfonamides is 1. The summed E-state index contributed by atoms with van der Waals surface area (Å²) in [6.07, 6.45) is 6.09. The largest absolute Gasteiger partial charge is 0.326 e. The van der Waals surface area contributed by atoms with E-state index in [0.29, 0.717) is 18.7 Å². The molecule has 2 aromatic carbocycles. The van der Waals surface area contributed by atoms with Gasteiger partial charge in [-0.25, -0.2) is 4.39 Å². The molecule has 0 aliphatic carbocycles. The molecule has 0 amide bonds. The van der Waals surface area contributed by atoms with Gasteiger partial charge in [0.2, 0.25) is 0 Å². The van der Waals surface area contributed by atoms with Crippen molar-refractivity contribution in [1.82, 2.24) is 3.89 Å². The molecule has 2 aromatic rings. The van der Waals surface area contributed by atoms with Crippen LogP contribution in [0, 0.1) is 5.82 Å². The van der Waals surface area contributed by atoms with Crippen molar-refractivity contribution < 1.29 is 12.8 Å². The summed E-state index contributed by atoms with van der Waals surface area (Å²) in [7, 11) is -3.47. The van der Waals surface area contributed by atoms with Crippen LogP contribution >= 0.6 is 0 Å². The van der Waals surface area contributed by atoms with Gasteiger partial charge in [-0.2, -0.15) is 12.3 Å². The van der Waals surface area contributed by atoms with Gasteiger partial charge in [-0.1, -0.05) is 30.3 Å². The Morgan fingerprint density at radius 1 is 1.11 bits per heavy atom. The molecule has 0 saturated carbocycles. The Morgan fingerprint density at radius 2 is 1.85 bits per heavy atom. The molecule has 27 heavy (non-hydrogen) atoms. The van der Waals surface area contributed by atoms with Gasteiger partial charge in [0.05, 0.1) is 5.75 Å². The highest BCUT2D eigenvalue weighted by Crippen LogP contribution is 2.33. The maximum atomic E-state index is 13.1. The Balaban J connectivity index is 2.05. The molecule has 0 aromatic heterocycles. The second-order valence-corrected chi connectivity index (χ2v) is 9.03. The van der Waals surface area contributed by atoms with Crippen LogP contribution in [0.3, 0.4) is 0 Å². The minimum atomic E-state index is -3.47. The summed E-state index contributed by atoms with van der Waals surface area (Å²) in [5.74, 6) is -0.247. The Labute approximate surface area is 160 Å². The first-order valence-electron chi connectivity index (χ1n) is 8.93. The molecule has 0 bridgehead atoms. The summed E-state index contributed by atoms with van der Waals surface area (Å²) in [5, 5.41) is 0. The number of nitrogens with zero attached hydrogens (tertiary/aromatic N) is 1. The smallest absolute Gasteiger partial charge is 0.306 e. The molecule has 3 rings (SSSR count). The SMILES string of the molecule is CCS(=O)(=O)[N+]1(c2cccc(Cc3ccc(F)cc3)c2)C=C(CN)C=CC1. The van der Waals surface area contributed by atoms with E-state index in [2.05, 4.69) is 0 Å². The van der Waals surface area contributed by atoms with Gasteiger partial charge in [0, 0.05) is 24.3 Å². The average Bonchev–Trinajstić information content (AvgIpc) is 2.69. The summed E-state index contributed by atoms with van der Waals surface area (Å²) >= 11 is 0. The minimum absolute atomic E-state index is 0.0252. The van der Waals surface area contributed by atoms with Crippen molar-refractivity contribution in [2.45, 2.75) is 13.3 Å². The van der Waals surface area contributed by atoms with Gasteiger partial charge >= 0.3 is 10.0 Å². The predicted octanol–water partition coefficient (Wildman–Crippen LogP) is 3.49. The van der Waals surface area contributed by atoms with E-state index in [0.717, 1.165) is 16.7 Å². The van der Waals surface area contributed by atoms with Gasteiger partial charge in [0.15, 0.2) is 5.69 Å². The summed E-state index contributed by atoms with van der Waals surface area (Å²) in [6.45, 7) is 2.27. The van der Waals surface area contributed by atoms with Crippen LogP contribution in [0.2, 0.25) is 0 Å². The Hall–Kier alpha value is -2.28. The highest BCUT2D eigenvalue weighted by Gasteiger charge is 2.42. The second kappa shape index (κ2) is 7.76. The summed E-state index contributed by atoms with van der Waals surface area (Å²) in [5.41, 5.74) is 9.20. The van der Waals surface area contributed by atoms with Gasteiger partial charge in [0.1, 0.15) is 18.6 Å². The summed E-state index contributed by atoms with van der Waals surface area (Å²) in [4.78, 5) is 0. The van der Waals surface area contributed by atoms with Crippen molar-refractivity contribution in [2.75, 3.05) is 18.8 Å². The van der Waals surface area contributed by atoms with E-state index < -0.39 is 10.0 Å². The lowest BCUT2D eigenvalue weighted by atomic mass is 10.0. The average molecular weight is 388 g/mol. The number of benzene rings is 2. The molecule has 0 spiro atoms. The first kappa shape index (κ1) is 19.5. The normalized spacial score (nSPS) is 19.7. The maximum absolute atomic E-state index is 13.1. The molecule has 0 radical (unpaired) electrons. The lowest BCUT2D eigenvalue weighted by Crippen LogP contribution is -2.51. The highest BCUT2D eigenvalue weighted by atomic mass is 32.2. The summed E-state index contributed by atoms with van der Waals surface area (Å²) in [6, 6.07) is 13.9. The predicted molar refractivity (Wildman–Crippen MR) is 108 cm³/mol. The summed E-state index contributed by atoms with van der Waals surface area (Å²) < 4.78 is 39.0. The van der Waals surface area contributed by atoms with E-state index >= 15 is 0 Å². The van der Waals surface area contributed by atoms with E-state index in [4.69, 9.17) is 5.73 Å². The highest BCUT2D eigenvalue weighted by molar-refractivity contribution is 7.91. The molecule has 1 aliphatic rings. The van der Waals surface area contributed by atoms with Crippen LogP contribution in [0.4, 0.5) is 10.1 Å². The molecule has 1 aliphatic heterocycles. The van der Waals surface area contributed by atoms with Crippen molar-refractivity contribution in [2.24, 2.45) is 5.73 Å². The Kier molecular flexibility index (Phi) is 5.60. The van der Waals surface area contributed by atoms with Crippen LogP contribution in [0.1, 0.15) is 18.1 Å². The van der Waals surface area contributed by atoms with Gasteiger partial charge < -0.3 is 5.73 Å². The zero-order chi connectivity index (χ0) is 19.5. The van der Waals surface area contributed by atoms with Crippen LogP contribution in [0.5, 0.6) is 0 Å². The third-order valence-electron chi connectivity index (χ3n) is 4.85. The Morgan fingerprint density at radius 3 is 2.52 bits per heavy atom. The number of hydrogen-bond donors (Lipinski definition) is 1. The monoisotopic (exact) mass is 387 g/mol. The third kappa shape index (κ3) is 3.88. The Bertz CT molecular complexity index is 981. The van der Waals surface area contributed by atoms with Crippen LogP contribution in [-0.2, 0) is 16.4 Å². The van der Waals surface area contributed by atoms with Gasteiger partial charge in [-0.05, 0) is 42.7 Å². The van der Waals surface area contributed by atoms with Crippen molar-refractivity contribution in [1.29, 1.82) is 0 Å². The van der Waals surface area contributed by atoms with Crippen LogP contribution in [0.15, 0.2) is 72.5 Å². The van der Waals surface area contributed by atoms with Crippen LogP contribution < -0.4 is 9.62 Å². The fraction of sp³-hybridized carbons (Fsp3) is 0.238. The number of quaternary nitrogens is 1. The quantitative estimate of drug-likeness (QED) is 0.772. The second-order valence-electron chi connectivity index (χ2n) is 6.63. The molecule has 0 fully saturated rings. The zero-order valence-corrected chi connectivity index (χ0v) is 16.1. The molecule has 142 valence electrons. The van der Waals surface area contributed by atoms with E-state index in [1.807, 2.05) is 36.4 Å². The number of hydrogen-bond acceptors (Lipinski definition) is 3. The van der Waals surface area contributed by atoms with Gasteiger partial charge in [-0.15, -0.1) is 0 Å². The zero-order valence-electron chi connectivity index (χ0n) is 15.3. The first-order chi connectivity index (χ1) is 12.9. The molecule has 1 heterocycles. The number of halogens is 1. The fourth-order valence-electron chi connectivity index (χ4n) is 3.35. The van der Waals surface area contributed by atoms with Crippen molar-refractivity contribution in [3.8, 4) is 0 Å². The first-order valence-corrected chi connectivity index (χ1v) is 10.5. The lowest BCUT2D eigenvalue weighted by molar-refractivity contribution is 0.511. The van der Waals surface area contributed by atoms with Crippen molar-refractivity contribution >= 4 is 15.7 Å². The van der Waals surface area contributed by atoms with Crippen molar-refractivity contribution in [3.63, 3.8) is 0 Å². The maximum Gasteiger partial charge on any atom is 0.306 e. The molecule has 6 heteroatoms. The fourth-order valence-corrected chi connectivity index (χ4v) is 4.85. The molecule has 0 saturated heterocycles. The number of rotatable bonds is 6. The molecule has 1 atom stereocenters. The van der Waals surface area contributed by atoms with Crippen LogP contribution in [-0.4, -0.2) is 27.3 Å². The van der Waals surface area contributed by atoms with Gasteiger partial charge in [0.25, 0.3) is 0 Å². The number of nitrogens with two attached hydrogens (primary N) is 1. The van der Waals surface area contributed by atoms with E-state index in [9.17, 15) is 12.8 Å². The van der Waals surface area contributed by atoms with Crippen LogP contribution in [0.25, 0.3) is 0 Å². The van der Waals surface area contributed by atoms with E-state index in [1.165, 1.54) is 12.1 Å². The molecular weight excluding hydrogens is 363 g/mol. The van der Waals surface area contributed by atoms with Gasteiger partial charge in [-0.3, -0.25) is 0 Å². The molecular formula is C21H24FN2O2S+. The topological polar surface area (TPSA) is 60.2 Å². The third-order valence-corrected chi connectivity index (χ3v) is 7.04. The lowest BCUT2D eigenvalue weighted by Gasteiger charge is -2.34. The van der Waals surface area contributed by atoms with E-state index in [1.54, 1.807) is 25.3 Å².